The fourth-order valence-corrected chi connectivity index (χ4v) is 3.85. The molecule has 2 aliphatic rings. The van der Waals surface area contributed by atoms with Gasteiger partial charge in [0.25, 0.3) is 5.69 Å². The van der Waals surface area contributed by atoms with Crippen LogP contribution in [0.5, 0.6) is 0 Å². The Hall–Kier alpha value is -2.19. The van der Waals surface area contributed by atoms with Gasteiger partial charge in [0.1, 0.15) is 0 Å². The van der Waals surface area contributed by atoms with Crippen molar-refractivity contribution in [3.63, 3.8) is 0 Å². The van der Waals surface area contributed by atoms with E-state index in [1.165, 1.54) is 38.1 Å². The first-order chi connectivity index (χ1) is 14.6. The number of benzene rings is 1. The van der Waals surface area contributed by atoms with Crippen LogP contribution in [0.15, 0.2) is 29.3 Å². The molecule has 0 bridgehead atoms. The molecule has 1 unspecified atom stereocenters. The zero-order chi connectivity index (χ0) is 21.2. The van der Waals surface area contributed by atoms with Crippen LogP contribution in [0.25, 0.3) is 0 Å². The van der Waals surface area contributed by atoms with Gasteiger partial charge in [0, 0.05) is 37.7 Å². The Balaban J connectivity index is 1.47. The number of aliphatic imine (C=N–C) groups is 1. The number of non-ortho nitro benzene ring substituents is 1. The van der Waals surface area contributed by atoms with Crippen molar-refractivity contribution in [3.05, 3.63) is 39.9 Å². The molecule has 0 radical (unpaired) electrons. The molecule has 2 fully saturated rings. The number of nitro benzene ring substituents is 1. The number of guanidine groups is 1. The van der Waals surface area contributed by atoms with Gasteiger partial charge in [-0.15, -0.1) is 0 Å². The van der Waals surface area contributed by atoms with Crippen molar-refractivity contribution >= 4 is 11.6 Å². The second-order valence-corrected chi connectivity index (χ2v) is 8.50. The van der Waals surface area contributed by atoms with Crippen LogP contribution in [-0.2, 0) is 11.3 Å². The minimum atomic E-state index is -0.381. The van der Waals surface area contributed by atoms with Crippen molar-refractivity contribution < 1.29 is 9.66 Å². The Bertz CT molecular complexity index is 681. The molecule has 2 saturated heterocycles. The molecule has 0 aromatic heterocycles. The molecule has 0 saturated carbocycles. The SMILES string of the molecule is CC1CCN(CCCNC(=NCc2ccc([N+](=O)[O-])cc2)NCC2CCOC2)CC1. The molecule has 0 amide bonds. The highest BCUT2D eigenvalue weighted by Gasteiger charge is 2.16. The number of piperidine rings is 1. The van der Waals surface area contributed by atoms with E-state index in [2.05, 4.69) is 22.5 Å². The second kappa shape index (κ2) is 11.9. The fourth-order valence-electron chi connectivity index (χ4n) is 3.85. The van der Waals surface area contributed by atoms with Crippen LogP contribution in [0.1, 0.15) is 38.2 Å². The van der Waals surface area contributed by atoms with Crippen molar-refractivity contribution in [2.45, 2.75) is 39.2 Å². The summed E-state index contributed by atoms with van der Waals surface area (Å²) in [5.41, 5.74) is 1.06. The van der Waals surface area contributed by atoms with E-state index in [9.17, 15) is 10.1 Å². The van der Waals surface area contributed by atoms with E-state index in [0.29, 0.717) is 12.5 Å². The summed E-state index contributed by atoms with van der Waals surface area (Å²) in [6.07, 6.45) is 4.77. The molecule has 1 aromatic rings. The quantitative estimate of drug-likeness (QED) is 0.211. The summed E-state index contributed by atoms with van der Waals surface area (Å²) in [7, 11) is 0. The molecule has 8 heteroatoms. The smallest absolute Gasteiger partial charge is 0.269 e. The Morgan fingerprint density at radius 2 is 2.00 bits per heavy atom. The van der Waals surface area contributed by atoms with Gasteiger partial charge in [-0.25, -0.2) is 4.99 Å². The normalized spacial score (nSPS) is 21.0. The number of hydrogen-bond donors (Lipinski definition) is 2. The lowest BCUT2D eigenvalue weighted by atomic mass is 9.99. The largest absolute Gasteiger partial charge is 0.381 e. The highest BCUT2D eigenvalue weighted by molar-refractivity contribution is 5.79. The molecule has 166 valence electrons. The van der Waals surface area contributed by atoms with Crippen molar-refractivity contribution in [3.8, 4) is 0 Å². The van der Waals surface area contributed by atoms with Crippen LogP contribution in [0.4, 0.5) is 5.69 Å². The third-order valence-electron chi connectivity index (χ3n) is 5.97. The number of nitro groups is 1. The number of ether oxygens (including phenoxy) is 1. The molecule has 30 heavy (non-hydrogen) atoms. The van der Waals surface area contributed by atoms with Gasteiger partial charge in [-0.3, -0.25) is 10.1 Å². The number of nitrogens with one attached hydrogen (secondary N) is 2. The summed E-state index contributed by atoms with van der Waals surface area (Å²) in [6, 6.07) is 6.59. The Morgan fingerprint density at radius 3 is 2.67 bits per heavy atom. The topological polar surface area (TPSA) is 92.0 Å². The number of likely N-dealkylation sites (tertiary alicyclic amines) is 1. The molecule has 2 heterocycles. The van der Waals surface area contributed by atoms with E-state index in [1.807, 2.05) is 0 Å². The molecule has 8 nitrogen and oxygen atoms in total. The van der Waals surface area contributed by atoms with Gasteiger partial charge in [0.15, 0.2) is 5.96 Å². The van der Waals surface area contributed by atoms with E-state index < -0.39 is 0 Å². The van der Waals surface area contributed by atoms with E-state index >= 15 is 0 Å². The van der Waals surface area contributed by atoms with E-state index in [1.54, 1.807) is 12.1 Å². The summed E-state index contributed by atoms with van der Waals surface area (Å²) in [6.45, 7) is 9.72. The maximum atomic E-state index is 10.8. The van der Waals surface area contributed by atoms with Gasteiger partial charge >= 0.3 is 0 Å². The summed E-state index contributed by atoms with van der Waals surface area (Å²) in [4.78, 5) is 17.7. The molecule has 2 N–H and O–H groups in total. The van der Waals surface area contributed by atoms with Crippen molar-refractivity contribution in [1.82, 2.24) is 15.5 Å². The molecule has 1 aromatic carbocycles. The van der Waals surface area contributed by atoms with Gasteiger partial charge in [0.2, 0.25) is 0 Å². The second-order valence-electron chi connectivity index (χ2n) is 8.50. The van der Waals surface area contributed by atoms with Gasteiger partial charge in [0.05, 0.1) is 18.1 Å². The average Bonchev–Trinajstić information content (AvgIpc) is 3.27. The summed E-state index contributed by atoms with van der Waals surface area (Å²) >= 11 is 0. The first-order valence-corrected chi connectivity index (χ1v) is 11.2. The Kier molecular flexibility index (Phi) is 8.89. The number of rotatable bonds is 9. The predicted molar refractivity (Wildman–Crippen MR) is 119 cm³/mol. The third-order valence-corrected chi connectivity index (χ3v) is 5.97. The lowest BCUT2D eigenvalue weighted by Crippen LogP contribution is -2.41. The van der Waals surface area contributed by atoms with Gasteiger partial charge in [-0.05, 0) is 56.8 Å². The van der Waals surface area contributed by atoms with Crippen LogP contribution in [-0.4, -0.2) is 61.7 Å². The molecular formula is C22H35N5O3. The number of nitrogens with zero attached hydrogens (tertiary/aromatic N) is 3. The van der Waals surface area contributed by atoms with Crippen LogP contribution < -0.4 is 10.6 Å². The summed E-state index contributed by atoms with van der Waals surface area (Å²) in [5, 5.41) is 17.7. The molecule has 0 aliphatic carbocycles. The molecule has 3 rings (SSSR count). The zero-order valence-corrected chi connectivity index (χ0v) is 18.0. The molecule has 0 spiro atoms. The average molecular weight is 418 g/mol. The lowest BCUT2D eigenvalue weighted by molar-refractivity contribution is -0.384. The van der Waals surface area contributed by atoms with Crippen LogP contribution in [0.3, 0.4) is 0 Å². The Morgan fingerprint density at radius 1 is 1.23 bits per heavy atom. The standard InChI is InChI=1S/C22H35N5O3/c1-18-7-12-26(13-8-18)11-2-10-23-22(25-16-20-9-14-30-17-20)24-15-19-3-5-21(6-4-19)27(28)29/h3-6,18,20H,2,7-17H2,1H3,(H2,23,24,25). The fraction of sp³-hybridized carbons (Fsp3) is 0.682. The van der Waals surface area contributed by atoms with Gasteiger partial charge in [-0.2, -0.15) is 0 Å². The van der Waals surface area contributed by atoms with Crippen molar-refractivity contribution in [1.29, 1.82) is 0 Å². The Labute approximate surface area is 179 Å². The van der Waals surface area contributed by atoms with Crippen LogP contribution >= 0.6 is 0 Å². The maximum absolute atomic E-state index is 10.8. The molecular weight excluding hydrogens is 382 g/mol. The van der Waals surface area contributed by atoms with Crippen molar-refractivity contribution in [2.24, 2.45) is 16.8 Å². The predicted octanol–water partition coefficient (Wildman–Crippen LogP) is 2.79. The van der Waals surface area contributed by atoms with Crippen LogP contribution in [0.2, 0.25) is 0 Å². The first kappa shape index (κ1) is 22.5. The summed E-state index contributed by atoms with van der Waals surface area (Å²) < 4.78 is 5.46. The first-order valence-electron chi connectivity index (χ1n) is 11.2. The van der Waals surface area contributed by atoms with E-state index in [0.717, 1.165) is 63.1 Å². The van der Waals surface area contributed by atoms with Gasteiger partial charge in [-0.1, -0.05) is 19.1 Å². The van der Waals surface area contributed by atoms with Crippen LogP contribution in [0, 0.1) is 22.0 Å². The highest BCUT2D eigenvalue weighted by Crippen LogP contribution is 2.16. The molecule has 1 atom stereocenters. The highest BCUT2D eigenvalue weighted by atomic mass is 16.6. The third kappa shape index (κ3) is 7.57. The van der Waals surface area contributed by atoms with Gasteiger partial charge < -0.3 is 20.3 Å². The van der Waals surface area contributed by atoms with E-state index in [-0.39, 0.29) is 10.6 Å². The van der Waals surface area contributed by atoms with Crippen molar-refractivity contribution in [2.75, 3.05) is 45.9 Å². The minimum absolute atomic E-state index is 0.104. The monoisotopic (exact) mass is 417 g/mol. The van der Waals surface area contributed by atoms with E-state index in [4.69, 9.17) is 9.73 Å². The maximum Gasteiger partial charge on any atom is 0.269 e. The summed E-state index contributed by atoms with van der Waals surface area (Å²) in [5.74, 6) is 2.18. The zero-order valence-electron chi connectivity index (χ0n) is 18.0. The number of hydrogen-bond acceptors (Lipinski definition) is 5. The molecule has 2 aliphatic heterocycles. The minimum Gasteiger partial charge on any atom is -0.381 e. The lowest BCUT2D eigenvalue weighted by Gasteiger charge is -2.30.